The molecule has 17 heavy (non-hydrogen) atoms. The number of nitrogens with zero attached hydrogens (tertiary/aromatic N) is 1. The van der Waals surface area contributed by atoms with Crippen molar-refractivity contribution in [3.63, 3.8) is 0 Å². The van der Waals surface area contributed by atoms with Crippen molar-refractivity contribution in [2.45, 2.75) is 6.42 Å². The smallest absolute Gasteiger partial charge is 0.227 e. The van der Waals surface area contributed by atoms with Gasteiger partial charge in [0.15, 0.2) is 0 Å². The molecule has 0 spiro atoms. The first-order chi connectivity index (χ1) is 8.25. The number of carbonyl (C=O) groups excluding carboxylic acids is 1. The van der Waals surface area contributed by atoms with Gasteiger partial charge in [0.1, 0.15) is 0 Å². The van der Waals surface area contributed by atoms with E-state index in [9.17, 15) is 4.79 Å². The number of rotatable bonds is 7. The van der Waals surface area contributed by atoms with Gasteiger partial charge in [-0.3, -0.25) is 4.79 Å². The van der Waals surface area contributed by atoms with E-state index >= 15 is 0 Å². The fraction of sp³-hybridized carbons (Fsp3) is 0.462. The second-order valence-corrected chi connectivity index (χ2v) is 3.78. The Morgan fingerprint density at radius 3 is 2.65 bits per heavy atom. The predicted molar refractivity (Wildman–Crippen MR) is 69.2 cm³/mol. The Balaban J connectivity index is 2.28. The number of benzene rings is 1. The van der Waals surface area contributed by atoms with Crippen molar-refractivity contribution in [2.24, 2.45) is 0 Å². The molecule has 0 unspecified atom stereocenters. The molecule has 94 valence electrons. The molecular formula is C13H20N2O2. The van der Waals surface area contributed by atoms with E-state index in [1.54, 1.807) is 19.1 Å². The summed E-state index contributed by atoms with van der Waals surface area (Å²) < 4.78 is 4.91. The first-order valence-corrected chi connectivity index (χ1v) is 5.77. The van der Waals surface area contributed by atoms with Crippen LogP contribution in [0.4, 0.5) is 5.69 Å². The molecule has 4 heteroatoms. The molecule has 0 atom stereocenters. The van der Waals surface area contributed by atoms with Crippen molar-refractivity contribution in [1.82, 2.24) is 5.32 Å². The number of para-hydroxylation sites is 1. The Bertz CT molecular complexity index is 327. The molecular weight excluding hydrogens is 216 g/mol. The fourth-order valence-electron chi connectivity index (χ4n) is 1.46. The molecule has 4 nitrogen and oxygen atoms in total. The maximum atomic E-state index is 11.8. The molecule has 0 aliphatic heterocycles. The van der Waals surface area contributed by atoms with Crippen LogP contribution in [0.5, 0.6) is 0 Å². The Labute approximate surface area is 103 Å². The molecule has 0 aromatic heterocycles. The molecule has 0 aliphatic rings. The first-order valence-electron chi connectivity index (χ1n) is 5.77. The van der Waals surface area contributed by atoms with Gasteiger partial charge in [0, 0.05) is 39.4 Å². The highest BCUT2D eigenvalue weighted by molar-refractivity contribution is 5.92. The summed E-state index contributed by atoms with van der Waals surface area (Å²) in [6, 6.07) is 9.65. The molecule has 1 aromatic rings. The van der Waals surface area contributed by atoms with E-state index in [1.165, 1.54) is 0 Å². The van der Waals surface area contributed by atoms with Crippen LogP contribution in [0.3, 0.4) is 0 Å². The van der Waals surface area contributed by atoms with Crippen LogP contribution in [-0.4, -0.2) is 39.8 Å². The van der Waals surface area contributed by atoms with E-state index in [4.69, 9.17) is 4.74 Å². The maximum absolute atomic E-state index is 11.8. The normalized spacial score (nSPS) is 10.2. The van der Waals surface area contributed by atoms with Gasteiger partial charge in [-0.25, -0.2) is 0 Å². The van der Waals surface area contributed by atoms with Crippen LogP contribution in [0.25, 0.3) is 0 Å². The van der Waals surface area contributed by atoms with Crippen molar-refractivity contribution < 1.29 is 9.53 Å². The van der Waals surface area contributed by atoms with Crippen molar-refractivity contribution in [1.29, 1.82) is 0 Å². The van der Waals surface area contributed by atoms with Crippen molar-refractivity contribution in [3.05, 3.63) is 30.3 Å². The van der Waals surface area contributed by atoms with Gasteiger partial charge in [0.05, 0.1) is 6.61 Å². The maximum Gasteiger partial charge on any atom is 0.227 e. The highest BCUT2D eigenvalue weighted by Crippen LogP contribution is 2.11. The van der Waals surface area contributed by atoms with E-state index in [0.29, 0.717) is 19.6 Å². The van der Waals surface area contributed by atoms with Crippen LogP contribution in [0.2, 0.25) is 0 Å². The largest absolute Gasteiger partial charge is 0.383 e. The molecule has 0 radical (unpaired) electrons. The molecule has 1 rings (SSSR count). The van der Waals surface area contributed by atoms with Crippen LogP contribution >= 0.6 is 0 Å². The van der Waals surface area contributed by atoms with Crippen molar-refractivity contribution in [2.75, 3.05) is 38.8 Å². The fourth-order valence-corrected chi connectivity index (χ4v) is 1.46. The van der Waals surface area contributed by atoms with Crippen LogP contribution in [0.1, 0.15) is 6.42 Å². The molecule has 0 saturated carbocycles. The zero-order chi connectivity index (χ0) is 12.5. The molecule has 1 aromatic carbocycles. The lowest BCUT2D eigenvalue weighted by Gasteiger charge is -2.17. The average molecular weight is 236 g/mol. The summed E-state index contributed by atoms with van der Waals surface area (Å²) in [5.74, 6) is 0.112. The molecule has 0 fully saturated rings. The quantitative estimate of drug-likeness (QED) is 0.725. The monoisotopic (exact) mass is 236 g/mol. The van der Waals surface area contributed by atoms with Crippen LogP contribution < -0.4 is 10.2 Å². The summed E-state index contributed by atoms with van der Waals surface area (Å²) in [6.07, 6.45) is 0.495. The highest BCUT2D eigenvalue weighted by atomic mass is 16.5. The zero-order valence-electron chi connectivity index (χ0n) is 10.5. The Hall–Kier alpha value is -1.39. The summed E-state index contributed by atoms with van der Waals surface area (Å²) in [6.45, 7) is 2.13. The van der Waals surface area contributed by atoms with E-state index in [0.717, 1.165) is 12.2 Å². The third-order valence-electron chi connectivity index (χ3n) is 2.52. The van der Waals surface area contributed by atoms with Crippen molar-refractivity contribution >= 4 is 11.6 Å². The number of methoxy groups -OCH3 is 1. The van der Waals surface area contributed by atoms with Crippen LogP contribution in [0, 0.1) is 0 Å². The molecule has 0 bridgehead atoms. The third-order valence-corrected chi connectivity index (χ3v) is 2.52. The number of amides is 1. The van der Waals surface area contributed by atoms with Gasteiger partial charge in [-0.15, -0.1) is 0 Å². The molecule has 0 heterocycles. The van der Waals surface area contributed by atoms with Gasteiger partial charge in [0.2, 0.25) is 5.91 Å². The van der Waals surface area contributed by atoms with Gasteiger partial charge >= 0.3 is 0 Å². The standard InChI is InChI=1S/C13H20N2O2/c1-15(12-6-4-3-5-7-12)13(16)8-9-14-10-11-17-2/h3-7,14H,8-11H2,1-2H3. The summed E-state index contributed by atoms with van der Waals surface area (Å²) >= 11 is 0. The van der Waals surface area contributed by atoms with E-state index in [-0.39, 0.29) is 5.91 Å². The number of hydrogen-bond acceptors (Lipinski definition) is 3. The minimum atomic E-state index is 0.112. The number of ether oxygens (including phenoxy) is 1. The molecule has 0 saturated heterocycles. The summed E-state index contributed by atoms with van der Waals surface area (Å²) in [7, 11) is 3.46. The predicted octanol–water partition coefficient (Wildman–Crippen LogP) is 1.28. The van der Waals surface area contributed by atoms with Crippen molar-refractivity contribution in [3.8, 4) is 0 Å². The number of anilines is 1. The van der Waals surface area contributed by atoms with Gasteiger partial charge in [0.25, 0.3) is 0 Å². The van der Waals surface area contributed by atoms with Gasteiger partial charge < -0.3 is 15.0 Å². The zero-order valence-corrected chi connectivity index (χ0v) is 10.5. The number of carbonyl (C=O) groups is 1. The van der Waals surface area contributed by atoms with E-state index in [2.05, 4.69) is 5.32 Å². The van der Waals surface area contributed by atoms with Gasteiger partial charge in [-0.1, -0.05) is 18.2 Å². The average Bonchev–Trinajstić information content (AvgIpc) is 2.38. The third kappa shape index (κ3) is 4.97. The summed E-state index contributed by atoms with van der Waals surface area (Å²) in [4.78, 5) is 13.5. The Morgan fingerprint density at radius 2 is 2.00 bits per heavy atom. The first kappa shape index (κ1) is 13.7. The molecule has 1 amide bonds. The van der Waals surface area contributed by atoms with Gasteiger partial charge in [-0.2, -0.15) is 0 Å². The minimum absolute atomic E-state index is 0.112. The Kier molecular flexibility index (Phi) is 6.29. The SMILES string of the molecule is COCCNCCC(=O)N(C)c1ccccc1. The van der Waals surface area contributed by atoms with E-state index < -0.39 is 0 Å². The lowest BCUT2D eigenvalue weighted by Crippen LogP contribution is -2.30. The highest BCUT2D eigenvalue weighted by Gasteiger charge is 2.09. The van der Waals surface area contributed by atoms with Gasteiger partial charge in [-0.05, 0) is 12.1 Å². The second-order valence-electron chi connectivity index (χ2n) is 3.78. The number of nitrogens with one attached hydrogen (secondary N) is 1. The Morgan fingerprint density at radius 1 is 1.29 bits per heavy atom. The van der Waals surface area contributed by atoms with Crippen LogP contribution in [0.15, 0.2) is 30.3 Å². The summed E-state index contributed by atoms with van der Waals surface area (Å²) in [5.41, 5.74) is 0.925. The number of hydrogen-bond donors (Lipinski definition) is 1. The lowest BCUT2D eigenvalue weighted by atomic mass is 10.2. The minimum Gasteiger partial charge on any atom is -0.383 e. The molecule has 0 aliphatic carbocycles. The van der Waals surface area contributed by atoms with Crippen LogP contribution in [-0.2, 0) is 9.53 Å². The van der Waals surface area contributed by atoms with E-state index in [1.807, 2.05) is 30.3 Å². The second kappa shape index (κ2) is 7.81. The summed E-state index contributed by atoms with van der Waals surface area (Å²) in [5, 5.41) is 3.15. The topological polar surface area (TPSA) is 41.6 Å². The lowest BCUT2D eigenvalue weighted by molar-refractivity contribution is -0.118. The molecule has 1 N–H and O–H groups in total.